The first kappa shape index (κ1) is 13.0. The van der Waals surface area contributed by atoms with Gasteiger partial charge in [-0.15, -0.1) is 0 Å². The summed E-state index contributed by atoms with van der Waals surface area (Å²) in [5.74, 6) is -0.825. The molecule has 0 bridgehead atoms. The molecule has 3 atom stereocenters. The standard InChI is InChI=1S/C12H18N2O4/c1-7(12(13)17)2-3-10(16)14-5-4-9-11(14)8(15)6-18-9/h7,9,11H,2-6H2,1H3,(H2,13,17). The van der Waals surface area contributed by atoms with E-state index in [2.05, 4.69) is 0 Å². The summed E-state index contributed by atoms with van der Waals surface area (Å²) in [6.07, 6.45) is 1.26. The number of carbonyl (C=O) groups excluding carboxylic acids is 3. The van der Waals surface area contributed by atoms with Gasteiger partial charge >= 0.3 is 0 Å². The number of ketones is 1. The quantitative estimate of drug-likeness (QED) is 0.729. The number of likely N-dealkylation sites (tertiary alicyclic amines) is 1. The van der Waals surface area contributed by atoms with Gasteiger partial charge in [-0.3, -0.25) is 14.4 Å². The van der Waals surface area contributed by atoms with E-state index >= 15 is 0 Å². The second-order valence-electron chi connectivity index (χ2n) is 4.98. The van der Waals surface area contributed by atoms with Crippen molar-refractivity contribution in [1.29, 1.82) is 0 Å². The second-order valence-corrected chi connectivity index (χ2v) is 4.98. The molecule has 6 heteroatoms. The molecular weight excluding hydrogens is 236 g/mol. The summed E-state index contributed by atoms with van der Waals surface area (Å²) in [5.41, 5.74) is 5.15. The molecule has 2 aliphatic rings. The Hall–Kier alpha value is -1.43. The van der Waals surface area contributed by atoms with Crippen molar-refractivity contribution in [2.75, 3.05) is 13.2 Å². The van der Waals surface area contributed by atoms with E-state index in [1.54, 1.807) is 11.8 Å². The van der Waals surface area contributed by atoms with E-state index in [0.29, 0.717) is 19.4 Å². The summed E-state index contributed by atoms with van der Waals surface area (Å²) in [7, 11) is 0. The number of hydrogen-bond donors (Lipinski definition) is 1. The molecule has 0 aromatic heterocycles. The molecule has 0 radical (unpaired) electrons. The summed E-state index contributed by atoms with van der Waals surface area (Å²) in [4.78, 5) is 36.1. The van der Waals surface area contributed by atoms with E-state index in [1.165, 1.54) is 0 Å². The van der Waals surface area contributed by atoms with Crippen LogP contribution >= 0.6 is 0 Å². The van der Waals surface area contributed by atoms with Gasteiger partial charge in [-0.1, -0.05) is 6.92 Å². The van der Waals surface area contributed by atoms with Gasteiger partial charge in [0.05, 0.1) is 6.10 Å². The van der Waals surface area contributed by atoms with E-state index in [9.17, 15) is 14.4 Å². The van der Waals surface area contributed by atoms with Gasteiger partial charge in [0.15, 0.2) is 5.78 Å². The molecule has 100 valence electrons. The van der Waals surface area contributed by atoms with Crippen molar-refractivity contribution in [3.05, 3.63) is 0 Å². The lowest BCUT2D eigenvalue weighted by molar-refractivity contribution is -0.136. The van der Waals surface area contributed by atoms with Crippen LogP contribution in [-0.4, -0.2) is 47.8 Å². The highest BCUT2D eigenvalue weighted by atomic mass is 16.5. The van der Waals surface area contributed by atoms with E-state index in [-0.39, 0.29) is 36.7 Å². The zero-order valence-corrected chi connectivity index (χ0v) is 10.4. The fraction of sp³-hybridized carbons (Fsp3) is 0.750. The van der Waals surface area contributed by atoms with Crippen LogP contribution in [0, 0.1) is 5.92 Å². The Bertz CT molecular complexity index is 382. The van der Waals surface area contributed by atoms with Gasteiger partial charge in [0, 0.05) is 18.9 Å². The third kappa shape index (κ3) is 2.38. The van der Waals surface area contributed by atoms with Crippen LogP contribution < -0.4 is 5.73 Å². The van der Waals surface area contributed by atoms with Gasteiger partial charge in [0.2, 0.25) is 11.8 Å². The molecular formula is C12H18N2O4. The molecule has 0 aromatic carbocycles. The molecule has 2 fully saturated rings. The Labute approximate surface area is 105 Å². The molecule has 0 aromatic rings. The first-order valence-electron chi connectivity index (χ1n) is 6.24. The maximum Gasteiger partial charge on any atom is 0.223 e. The Morgan fingerprint density at radius 3 is 2.94 bits per heavy atom. The number of fused-ring (bicyclic) bond motifs is 1. The monoisotopic (exact) mass is 254 g/mol. The van der Waals surface area contributed by atoms with Crippen LogP contribution in [0.3, 0.4) is 0 Å². The molecule has 18 heavy (non-hydrogen) atoms. The Balaban J connectivity index is 1.90. The lowest BCUT2D eigenvalue weighted by Crippen LogP contribution is -2.42. The third-order valence-corrected chi connectivity index (χ3v) is 3.71. The van der Waals surface area contributed by atoms with E-state index in [0.717, 1.165) is 0 Å². The summed E-state index contributed by atoms with van der Waals surface area (Å²) in [6, 6.07) is -0.401. The SMILES string of the molecule is CC(CCC(=O)N1CCC2OCC(=O)C21)C(N)=O. The van der Waals surface area contributed by atoms with E-state index in [1.807, 2.05) is 0 Å². The highest BCUT2D eigenvalue weighted by Gasteiger charge is 2.46. The summed E-state index contributed by atoms with van der Waals surface area (Å²) < 4.78 is 5.32. The van der Waals surface area contributed by atoms with Crippen LogP contribution in [0.25, 0.3) is 0 Å². The van der Waals surface area contributed by atoms with Crippen LogP contribution in [0.1, 0.15) is 26.2 Å². The largest absolute Gasteiger partial charge is 0.369 e. The van der Waals surface area contributed by atoms with Crippen LogP contribution in [0.2, 0.25) is 0 Å². The predicted octanol–water partition coefficient (Wildman–Crippen LogP) is -0.543. The molecule has 0 spiro atoms. The lowest BCUT2D eigenvalue weighted by Gasteiger charge is -2.22. The summed E-state index contributed by atoms with van der Waals surface area (Å²) in [5, 5.41) is 0. The molecule has 0 aliphatic carbocycles. The smallest absolute Gasteiger partial charge is 0.223 e. The second kappa shape index (κ2) is 5.06. The number of hydrogen-bond acceptors (Lipinski definition) is 4. The average Bonchev–Trinajstić information content (AvgIpc) is 2.89. The first-order chi connectivity index (χ1) is 8.50. The van der Waals surface area contributed by atoms with Crippen molar-refractivity contribution < 1.29 is 19.1 Å². The van der Waals surface area contributed by atoms with Gasteiger partial charge in [0.1, 0.15) is 12.6 Å². The van der Waals surface area contributed by atoms with Crippen LogP contribution in [0.5, 0.6) is 0 Å². The van der Waals surface area contributed by atoms with Crippen LogP contribution in [0.4, 0.5) is 0 Å². The molecule has 2 amide bonds. The van der Waals surface area contributed by atoms with Gasteiger partial charge in [-0.25, -0.2) is 0 Å². The van der Waals surface area contributed by atoms with Gasteiger partial charge in [-0.05, 0) is 12.8 Å². The normalized spacial score (nSPS) is 28.3. The molecule has 2 heterocycles. The molecule has 6 nitrogen and oxygen atoms in total. The number of primary amides is 1. The fourth-order valence-corrected chi connectivity index (χ4v) is 2.50. The minimum Gasteiger partial charge on any atom is -0.369 e. The minimum atomic E-state index is -0.401. The molecule has 2 saturated heterocycles. The molecule has 2 aliphatic heterocycles. The van der Waals surface area contributed by atoms with Crippen LogP contribution in [-0.2, 0) is 19.1 Å². The summed E-state index contributed by atoms with van der Waals surface area (Å²) >= 11 is 0. The molecule has 0 saturated carbocycles. The minimum absolute atomic E-state index is 0.0196. The number of nitrogens with zero attached hydrogens (tertiary/aromatic N) is 1. The van der Waals surface area contributed by atoms with Crippen molar-refractivity contribution in [3.63, 3.8) is 0 Å². The third-order valence-electron chi connectivity index (χ3n) is 3.71. The van der Waals surface area contributed by atoms with Gasteiger partial charge < -0.3 is 15.4 Å². The highest BCUT2D eigenvalue weighted by molar-refractivity contribution is 5.92. The fourth-order valence-electron chi connectivity index (χ4n) is 2.50. The van der Waals surface area contributed by atoms with Crippen molar-refractivity contribution in [2.24, 2.45) is 11.7 Å². The lowest BCUT2D eigenvalue weighted by atomic mass is 10.0. The maximum absolute atomic E-state index is 12.0. The van der Waals surface area contributed by atoms with E-state index < -0.39 is 11.9 Å². The maximum atomic E-state index is 12.0. The van der Waals surface area contributed by atoms with Gasteiger partial charge in [-0.2, -0.15) is 0 Å². The molecule has 2 N–H and O–H groups in total. The number of rotatable bonds is 4. The number of nitrogens with two attached hydrogens (primary N) is 1. The first-order valence-corrected chi connectivity index (χ1v) is 6.24. The molecule has 3 unspecified atom stereocenters. The number of carbonyl (C=O) groups is 3. The van der Waals surface area contributed by atoms with E-state index in [4.69, 9.17) is 10.5 Å². The zero-order chi connectivity index (χ0) is 13.3. The predicted molar refractivity (Wildman–Crippen MR) is 62.5 cm³/mol. The highest BCUT2D eigenvalue weighted by Crippen LogP contribution is 2.27. The zero-order valence-electron chi connectivity index (χ0n) is 10.4. The summed E-state index contributed by atoms with van der Waals surface area (Å²) in [6.45, 7) is 2.37. The number of Topliss-reactive ketones (excluding diaryl/α,β-unsaturated/α-hetero) is 1. The van der Waals surface area contributed by atoms with Crippen molar-refractivity contribution >= 4 is 17.6 Å². The Morgan fingerprint density at radius 2 is 2.28 bits per heavy atom. The number of ether oxygens (including phenoxy) is 1. The van der Waals surface area contributed by atoms with Crippen molar-refractivity contribution in [1.82, 2.24) is 4.90 Å². The van der Waals surface area contributed by atoms with Crippen molar-refractivity contribution in [2.45, 2.75) is 38.3 Å². The molecule has 2 rings (SSSR count). The van der Waals surface area contributed by atoms with Crippen molar-refractivity contribution in [3.8, 4) is 0 Å². The number of amides is 2. The average molecular weight is 254 g/mol. The van der Waals surface area contributed by atoms with Gasteiger partial charge in [0.25, 0.3) is 0 Å². The topological polar surface area (TPSA) is 89.7 Å². The Kier molecular flexibility index (Phi) is 3.65. The van der Waals surface area contributed by atoms with Crippen LogP contribution in [0.15, 0.2) is 0 Å². The Morgan fingerprint density at radius 1 is 1.56 bits per heavy atom.